The van der Waals surface area contributed by atoms with Crippen molar-refractivity contribution in [2.24, 2.45) is 0 Å². The largest absolute Gasteiger partial charge is 0.360 e. The van der Waals surface area contributed by atoms with Gasteiger partial charge in [0.1, 0.15) is 34.8 Å². The zero-order chi connectivity index (χ0) is 22.4. The van der Waals surface area contributed by atoms with Gasteiger partial charge in [-0.3, -0.25) is 9.36 Å². The molecule has 0 aliphatic heterocycles. The number of hydrogen-bond donors (Lipinski definition) is 2. The van der Waals surface area contributed by atoms with Crippen molar-refractivity contribution in [3.05, 3.63) is 88.4 Å². The van der Waals surface area contributed by atoms with Gasteiger partial charge in [-0.2, -0.15) is 0 Å². The van der Waals surface area contributed by atoms with E-state index in [0.29, 0.717) is 17.2 Å². The summed E-state index contributed by atoms with van der Waals surface area (Å²) < 4.78 is 30.2. The predicted octanol–water partition coefficient (Wildman–Crippen LogP) is 4.42. The highest BCUT2D eigenvalue weighted by atomic mass is 19.1. The Morgan fingerprint density at radius 3 is 2.69 bits per heavy atom. The number of nitrogens with zero attached hydrogens (tertiary/aromatic N) is 4. The van der Waals surface area contributed by atoms with Gasteiger partial charge < -0.3 is 10.3 Å². The van der Waals surface area contributed by atoms with Gasteiger partial charge in [0.15, 0.2) is 5.82 Å². The second-order valence-electron chi connectivity index (χ2n) is 7.53. The minimum Gasteiger partial charge on any atom is -0.360 e. The molecule has 0 fully saturated rings. The lowest BCUT2D eigenvalue weighted by atomic mass is 10.1. The molecule has 2 N–H and O–H groups in total. The van der Waals surface area contributed by atoms with E-state index in [-0.39, 0.29) is 22.1 Å². The first kappa shape index (κ1) is 19.8. The van der Waals surface area contributed by atoms with E-state index >= 15 is 0 Å². The molecule has 9 heteroatoms. The molecule has 0 saturated carbocycles. The van der Waals surface area contributed by atoms with Gasteiger partial charge >= 0.3 is 0 Å². The Bertz CT molecular complexity index is 1540. The van der Waals surface area contributed by atoms with Crippen LogP contribution in [-0.4, -0.2) is 24.5 Å². The third-order valence-corrected chi connectivity index (χ3v) is 5.29. The van der Waals surface area contributed by atoms with Crippen LogP contribution < -0.4 is 10.9 Å². The Balaban J connectivity index is 1.73. The van der Waals surface area contributed by atoms with Crippen LogP contribution in [0, 0.1) is 18.6 Å². The van der Waals surface area contributed by atoms with Crippen LogP contribution in [-0.2, 0) is 0 Å². The highest BCUT2D eigenvalue weighted by Crippen LogP contribution is 2.27. The van der Waals surface area contributed by atoms with Crippen LogP contribution in [0.15, 0.2) is 59.8 Å². The summed E-state index contributed by atoms with van der Waals surface area (Å²) in [4.78, 5) is 29.0. The van der Waals surface area contributed by atoms with Gasteiger partial charge in [-0.05, 0) is 43.7 Å². The van der Waals surface area contributed by atoms with Crippen LogP contribution in [0.25, 0.3) is 27.6 Å². The Hall–Kier alpha value is -4.14. The van der Waals surface area contributed by atoms with E-state index in [1.54, 1.807) is 19.1 Å². The molecule has 1 atom stereocenters. The molecule has 0 aliphatic carbocycles. The van der Waals surface area contributed by atoms with E-state index in [4.69, 9.17) is 0 Å². The topological polar surface area (TPSA) is 88.5 Å². The van der Waals surface area contributed by atoms with Crippen molar-refractivity contribution in [1.82, 2.24) is 24.5 Å². The van der Waals surface area contributed by atoms with Crippen LogP contribution in [0.1, 0.15) is 24.4 Å². The lowest BCUT2D eigenvalue weighted by Gasteiger charge is -2.20. The molecule has 3 heterocycles. The fourth-order valence-electron chi connectivity index (χ4n) is 3.82. The van der Waals surface area contributed by atoms with Crippen molar-refractivity contribution in [3.63, 3.8) is 0 Å². The maximum atomic E-state index is 14.6. The van der Waals surface area contributed by atoms with Gasteiger partial charge in [0, 0.05) is 6.20 Å². The molecule has 0 aliphatic rings. The third-order valence-electron chi connectivity index (χ3n) is 5.29. The van der Waals surface area contributed by atoms with Crippen LogP contribution >= 0.6 is 0 Å². The number of halogens is 2. The van der Waals surface area contributed by atoms with E-state index in [0.717, 1.165) is 5.56 Å². The van der Waals surface area contributed by atoms with Gasteiger partial charge in [-0.1, -0.05) is 18.2 Å². The third kappa shape index (κ3) is 3.18. The van der Waals surface area contributed by atoms with Crippen LogP contribution in [0.3, 0.4) is 0 Å². The number of aromatic nitrogens is 5. The quantitative estimate of drug-likeness (QED) is 0.439. The van der Waals surface area contributed by atoms with E-state index in [2.05, 4.69) is 25.3 Å². The number of aryl methyl sites for hydroxylation is 1. The Kier molecular flexibility index (Phi) is 4.66. The average Bonchev–Trinajstić information content (AvgIpc) is 3.15. The fourth-order valence-corrected chi connectivity index (χ4v) is 3.82. The number of hydrogen-bond acceptors (Lipinski definition) is 5. The average molecular weight is 432 g/mol. The molecule has 32 heavy (non-hydrogen) atoms. The molecule has 160 valence electrons. The number of nitrogens with one attached hydrogen (secondary N) is 2. The Labute approximate surface area is 180 Å². The lowest BCUT2D eigenvalue weighted by Crippen LogP contribution is -2.28. The first-order chi connectivity index (χ1) is 15.4. The molecule has 0 amide bonds. The van der Waals surface area contributed by atoms with Crippen LogP contribution in [0.2, 0.25) is 0 Å². The van der Waals surface area contributed by atoms with E-state index in [1.165, 1.54) is 29.2 Å². The number of benzene rings is 2. The van der Waals surface area contributed by atoms with E-state index in [1.807, 2.05) is 25.1 Å². The van der Waals surface area contributed by atoms with Gasteiger partial charge in [0.25, 0.3) is 5.56 Å². The van der Waals surface area contributed by atoms with Crippen molar-refractivity contribution in [2.75, 3.05) is 5.32 Å². The summed E-state index contributed by atoms with van der Waals surface area (Å²) in [5, 5.41) is 3.25. The standard InChI is InChI=1S/C23H18F2N6O/c1-12-5-3-6-14(9-12)31-22(30-17-8-4-7-15(24)18(17)23(31)32)13(2)29-21-19-16(25)10-26-20(19)27-11-28-21/h3-11,13H,1-2H3,(H2,26,27,28,29)/t13-/m0/s1. The summed E-state index contributed by atoms with van der Waals surface area (Å²) in [7, 11) is 0. The van der Waals surface area contributed by atoms with Gasteiger partial charge in [0.05, 0.1) is 22.6 Å². The molecular weight excluding hydrogens is 414 g/mol. The molecule has 0 bridgehead atoms. The summed E-state index contributed by atoms with van der Waals surface area (Å²) in [6.07, 6.45) is 2.51. The van der Waals surface area contributed by atoms with Crippen LogP contribution in [0.5, 0.6) is 0 Å². The van der Waals surface area contributed by atoms with Gasteiger partial charge in [-0.25, -0.2) is 23.7 Å². The summed E-state index contributed by atoms with van der Waals surface area (Å²) in [6.45, 7) is 3.68. The van der Waals surface area contributed by atoms with E-state index in [9.17, 15) is 13.6 Å². The molecule has 0 spiro atoms. The monoisotopic (exact) mass is 432 g/mol. The van der Waals surface area contributed by atoms with E-state index < -0.39 is 23.2 Å². The SMILES string of the molecule is Cc1cccc(-n2c([C@H](C)Nc3ncnc4[nH]cc(F)c34)nc3cccc(F)c3c2=O)c1. The number of H-pyrrole nitrogens is 1. The highest BCUT2D eigenvalue weighted by molar-refractivity contribution is 5.87. The number of anilines is 1. The van der Waals surface area contributed by atoms with Crippen LogP contribution in [0.4, 0.5) is 14.6 Å². The molecule has 0 radical (unpaired) electrons. The minimum absolute atomic E-state index is 0.0916. The number of aromatic amines is 1. The molecule has 2 aromatic carbocycles. The fraction of sp³-hybridized carbons (Fsp3) is 0.130. The smallest absolute Gasteiger partial charge is 0.269 e. The summed E-state index contributed by atoms with van der Waals surface area (Å²) in [6, 6.07) is 11.0. The molecular formula is C23H18F2N6O. The first-order valence-corrected chi connectivity index (χ1v) is 9.96. The Morgan fingerprint density at radius 1 is 1.06 bits per heavy atom. The van der Waals surface area contributed by atoms with Crippen molar-refractivity contribution in [1.29, 1.82) is 0 Å². The van der Waals surface area contributed by atoms with Crippen molar-refractivity contribution < 1.29 is 8.78 Å². The first-order valence-electron chi connectivity index (χ1n) is 9.96. The molecule has 5 rings (SSSR count). The summed E-state index contributed by atoms with van der Waals surface area (Å²) in [5.74, 6) is -0.549. The minimum atomic E-state index is -0.638. The highest BCUT2D eigenvalue weighted by Gasteiger charge is 2.21. The molecule has 7 nitrogen and oxygen atoms in total. The second-order valence-corrected chi connectivity index (χ2v) is 7.53. The number of rotatable bonds is 4. The van der Waals surface area contributed by atoms with Crippen molar-refractivity contribution in [3.8, 4) is 5.69 Å². The predicted molar refractivity (Wildman–Crippen MR) is 118 cm³/mol. The summed E-state index contributed by atoms with van der Waals surface area (Å²) >= 11 is 0. The normalized spacial score (nSPS) is 12.4. The zero-order valence-corrected chi connectivity index (χ0v) is 17.2. The maximum absolute atomic E-state index is 14.6. The van der Waals surface area contributed by atoms with Gasteiger partial charge in [-0.15, -0.1) is 0 Å². The van der Waals surface area contributed by atoms with Gasteiger partial charge in [0.2, 0.25) is 0 Å². The molecule has 5 aromatic rings. The Morgan fingerprint density at radius 2 is 1.88 bits per heavy atom. The molecule has 3 aromatic heterocycles. The van der Waals surface area contributed by atoms with Crippen molar-refractivity contribution in [2.45, 2.75) is 19.9 Å². The maximum Gasteiger partial charge on any atom is 0.269 e. The van der Waals surface area contributed by atoms with Crippen molar-refractivity contribution >= 4 is 27.8 Å². The second kappa shape index (κ2) is 7.52. The zero-order valence-electron chi connectivity index (χ0n) is 17.2. The lowest BCUT2D eigenvalue weighted by molar-refractivity contribution is 0.634. The summed E-state index contributed by atoms with van der Waals surface area (Å²) in [5.41, 5.74) is 1.54. The molecule has 0 saturated heterocycles. The molecule has 0 unspecified atom stereocenters. The number of fused-ring (bicyclic) bond motifs is 2.